The van der Waals surface area contributed by atoms with Crippen molar-refractivity contribution in [2.75, 3.05) is 26.8 Å². The van der Waals surface area contributed by atoms with Crippen molar-refractivity contribution in [1.82, 2.24) is 4.90 Å². The highest BCUT2D eigenvalue weighted by Gasteiger charge is 2.41. The fourth-order valence-corrected chi connectivity index (χ4v) is 3.79. The first-order chi connectivity index (χ1) is 12.0. The lowest BCUT2D eigenvalue weighted by Crippen LogP contribution is -2.43. The first kappa shape index (κ1) is 17.7. The molecule has 1 aromatic carbocycles. The van der Waals surface area contributed by atoms with Gasteiger partial charge in [-0.3, -0.25) is 9.59 Å². The van der Waals surface area contributed by atoms with E-state index in [-0.39, 0.29) is 23.5 Å². The molecule has 1 unspecified atom stereocenters. The molecule has 0 aliphatic carbocycles. The number of hydrogen-bond acceptors (Lipinski definition) is 4. The Balaban J connectivity index is 1.65. The van der Waals surface area contributed by atoms with Gasteiger partial charge in [0.05, 0.1) is 24.7 Å². The molecule has 1 amide bonds. The zero-order valence-electron chi connectivity index (χ0n) is 14.1. The number of ether oxygens (including phenoxy) is 2. The standard InChI is InChI=1S/C18H22FNO5/c1-24-15-3-2-12(19)10-14(15)17(21)20-7-4-11(5-8-20)16-13(18(22)23)6-9-25-16/h2-3,10-11,13,16H,4-9H2,1H3,(H,22,23)/t13?,16-/m0/s1. The molecule has 2 aliphatic heterocycles. The van der Waals surface area contributed by atoms with Gasteiger partial charge in [0, 0.05) is 19.7 Å². The molecule has 0 saturated carbocycles. The maximum absolute atomic E-state index is 13.5. The van der Waals surface area contributed by atoms with Gasteiger partial charge in [0.25, 0.3) is 5.91 Å². The van der Waals surface area contributed by atoms with E-state index in [0.29, 0.717) is 44.7 Å². The van der Waals surface area contributed by atoms with Crippen LogP contribution in [0.2, 0.25) is 0 Å². The highest BCUT2D eigenvalue weighted by Crippen LogP contribution is 2.34. The summed E-state index contributed by atoms with van der Waals surface area (Å²) in [6.07, 6.45) is 1.62. The molecule has 136 valence electrons. The topological polar surface area (TPSA) is 76.1 Å². The summed E-state index contributed by atoms with van der Waals surface area (Å²) in [4.78, 5) is 25.7. The van der Waals surface area contributed by atoms with Crippen LogP contribution in [-0.4, -0.2) is 54.8 Å². The van der Waals surface area contributed by atoms with Gasteiger partial charge in [0.2, 0.25) is 0 Å². The summed E-state index contributed by atoms with van der Waals surface area (Å²) in [5.41, 5.74) is 0.210. The molecule has 3 rings (SSSR count). The molecular formula is C18H22FNO5. The smallest absolute Gasteiger partial charge is 0.309 e. The zero-order chi connectivity index (χ0) is 18.0. The minimum absolute atomic E-state index is 0.127. The van der Waals surface area contributed by atoms with Crippen LogP contribution in [0, 0.1) is 17.7 Å². The molecule has 0 spiro atoms. The lowest BCUT2D eigenvalue weighted by molar-refractivity contribution is -0.145. The van der Waals surface area contributed by atoms with Crippen molar-refractivity contribution in [3.8, 4) is 5.75 Å². The second kappa shape index (κ2) is 7.39. The minimum Gasteiger partial charge on any atom is -0.496 e. The van der Waals surface area contributed by atoms with E-state index in [1.165, 1.54) is 25.3 Å². The van der Waals surface area contributed by atoms with E-state index in [2.05, 4.69) is 0 Å². The summed E-state index contributed by atoms with van der Waals surface area (Å²) in [6, 6.07) is 3.89. The summed E-state index contributed by atoms with van der Waals surface area (Å²) in [5.74, 6) is -1.55. The molecule has 25 heavy (non-hydrogen) atoms. The van der Waals surface area contributed by atoms with Crippen molar-refractivity contribution in [2.24, 2.45) is 11.8 Å². The third kappa shape index (κ3) is 3.61. The van der Waals surface area contributed by atoms with Crippen molar-refractivity contribution in [3.63, 3.8) is 0 Å². The second-order valence-electron chi connectivity index (χ2n) is 6.54. The van der Waals surface area contributed by atoms with E-state index in [4.69, 9.17) is 9.47 Å². The maximum Gasteiger partial charge on any atom is 0.309 e. The maximum atomic E-state index is 13.5. The Hall–Kier alpha value is -2.15. The largest absolute Gasteiger partial charge is 0.496 e. The van der Waals surface area contributed by atoms with Crippen LogP contribution >= 0.6 is 0 Å². The van der Waals surface area contributed by atoms with E-state index in [1.54, 1.807) is 4.90 Å². The lowest BCUT2D eigenvalue weighted by Gasteiger charge is -2.35. The highest BCUT2D eigenvalue weighted by atomic mass is 19.1. The Kier molecular flexibility index (Phi) is 5.22. The van der Waals surface area contributed by atoms with Gasteiger partial charge in [-0.15, -0.1) is 0 Å². The number of hydrogen-bond donors (Lipinski definition) is 1. The number of nitrogens with zero attached hydrogens (tertiary/aromatic N) is 1. The number of carboxylic acid groups (broad SMARTS) is 1. The fourth-order valence-electron chi connectivity index (χ4n) is 3.79. The van der Waals surface area contributed by atoms with Crippen LogP contribution in [-0.2, 0) is 9.53 Å². The Morgan fingerprint density at radius 1 is 1.28 bits per heavy atom. The average Bonchev–Trinajstić information content (AvgIpc) is 3.11. The lowest BCUT2D eigenvalue weighted by atomic mass is 9.84. The highest BCUT2D eigenvalue weighted by molar-refractivity contribution is 5.97. The van der Waals surface area contributed by atoms with Gasteiger partial charge in [-0.25, -0.2) is 4.39 Å². The number of rotatable bonds is 4. The van der Waals surface area contributed by atoms with Crippen molar-refractivity contribution in [3.05, 3.63) is 29.6 Å². The van der Waals surface area contributed by atoms with Crippen LogP contribution in [0.3, 0.4) is 0 Å². The number of halogens is 1. The van der Waals surface area contributed by atoms with Crippen LogP contribution in [0.5, 0.6) is 5.75 Å². The zero-order valence-corrected chi connectivity index (χ0v) is 14.1. The number of carbonyl (C=O) groups is 2. The molecule has 2 heterocycles. The second-order valence-corrected chi connectivity index (χ2v) is 6.54. The molecule has 2 saturated heterocycles. The summed E-state index contributed by atoms with van der Waals surface area (Å²) >= 11 is 0. The summed E-state index contributed by atoms with van der Waals surface area (Å²) < 4.78 is 24.3. The third-order valence-electron chi connectivity index (χ3n) is 5.14. The van der Waals surface area contributed by atoms with Gasteiger partial charge in [-0.1, -0.05) is 0 Å². The van der Waals surface area contributed by atoms with E-state index in [9.17, 15) is 19.1 Å². The normalized spacial score (nSPS) is 24.3. The van der Waals surface area contributed by atoms with E-state index >= 15 is 0 Å². The fraction of sp³-hybridized carbons (Fsp3) is 0.556. The number of carbonyl (C=O) groups excluding carboxylic acids is 1. The van der Waals surface area contributed by atoms with Gasteiger partial charge in [-0.2, -0.15) is 0 Å². The van der Waals surface area contributed by atoms with Crippen molar-refractivity contribution in [2.45, 2.75) is 25.4 Å². The van der Waals surface area contributed by atoms with Gasteiger partial charge >= 0.3 is 5.97 Å². The monoisotopic (exact) mass is 351 g/mol. The molecule has 6 nitrogen and oxygen atoms in total. The summed E-state index contributed by atoms with van der Waals surface area (Å²) in [7, 11) is 1.44. The summed E-state index contributed by atoms with van der Waals surface area (Å²) in [5, 5.41) is 9.29. The Morgan fingerprint density at radius 3 is 2.64 bits per heavy atom. The van der Waals surface area contributed by atoms with Crippen LogP contribution in [0.1, 0.15) is 29.6 Å². The molecular weight excluding hydrogens is 329 g/mol. The first-order valence-electron chi connectivity index (χ1n) is 8.48. The SMILES string of the molecule is COc1ccc(F)cc1C(=O)N1CCC([C@@H]2OCCC2C(=O)O)CC1. The van der Waals surface area contributed by atoms with Crippen molar-refractivity contribution < 1.29 is 28.6 Å². The van der Waals surface area contributed by atoms with E-state index in [1.807, 2.05) is 0 Å². The number of amides is 1. The number of methoxy groups -OCH3 is 1. The Morgan fingerprint density at radius 2 is 2.00 bits per heavy atom. The van der Waals surface area contributed by atoms with Gasteiger partial charge in [0.1, 0.15) is 11.6 Å². The molecule has 7 heteroatoms. The molecule has 2 atom stereocenters. The predicted molar refractivity (Wildman–Crippen MR) is 87.1 cm³/mol. The number of benzene rings is 1. The molecule has 1 N–H and O–H groups in total. The van der Waals surface area contributed by atoms with Crippen LogP contribution in [0.25, 0.3) is 0 Å². The quantitative estimate of drug-likeness (QED) is 0.900. The molecule has 2 aliphatic rings. The Bertz CT molecular complexity index is 657. The number of piperidine rings is 1. The third-order valence-corrected chi connectivity index (χ3v) is 5.14. The van der Waals surface area contributed by atoms with Crippen LogP contribution in [0.4, 0.5) is 4.39 Å². The number of likely N-dealkylation sites (tertiary alicyclic amines) is 1. The van der Waals surface area contributed by atoms with E-state index < -0.39 is 17.7 Å². The van der Waals surface area contributed by atoms with Crippen molar-refractivity contribution in [1.29, 1.82) is 0 Å². The molecule has 1 aromatic rings. The first-order valence-corrected chi connectivity index (χ1v) is 8.48. The van der Waals surface area contributed by atoms with Gasteiger partial charge in [0.15, 0.2) is 0 Å². The Labute approximate surface area is 145 Å². The minimum atomic E-state index is -0.814. The van der Waals surface area contributed by atoms with Crippen molar-refractivity contribution >= 4 is 11.9 Å². The number of carboxylic acids is 1. The number of aliphatic carboxylic acids is 1. The van der Waals surface area contributed by atoms with Gasteiger partial charge < -0.3 is 19.5 Å². The molecule has 2 fully saturated rings. The molecule has 0 aromatic heterocycles. The van der Waals surface area contributed by atoms with Crippen LogP contribution < -0.4 is 4.74 Å². The predicted octanol–water partition coefficient (Wildman–Crippen LogP) is 2.18. The van der Waals surface area contributed by atoms with Gasteiger partial charge in [-0.05, 0) is 43.4 Å². The van der Waals surface area contributed by atoms with Crippen LogP contribution in [0.15, 0.2) is 18.2 Å². The molecule has 0 bridgehead atoms. The molecule has 0 radical (unpaired) electrons. The summed E-state index contributed by atoms with van der Waals surface area (Å²) in [6.45, 7) is 1.46. The average molecular weight is 351 g/mol. The van der Waals surface area contributed by atoms with E-state index in [0.717, 1.165) is 0 Å².